The van der Waals surface area contributed by atoms with Gasteiger partial charge in [-0.1, -0.05) is 30.4 Å². The Bertz CT molecular complexity index is 255. The Morgan fingerprint density at radius 2 is 2.20 bits per heavy atom. The average Bonchev–Trinajstić information content (AvgIpc) is 2.56. The van der Waals surface area contributed by atoms with Crippen molar-refractivity contribution < 1.29 is 0 Å². The molecule has 10 heavy (non-hydrogen) atoms. The van der Waals surface area contributed by atoms with Crippen LogP contribution in [-0.2, 0) is 0 Å². The lowest BCUT2D eigenvalue weighted by atomic mass is 9.92. The molecule has 0 radical (unpaired) electrons. The second-order valence-electron chi connectivity index (χ2n) is 3.45. The Balaban J connectivity index is 2.16. The normalized spacial score (nSPS) is 46.4. The van der Waals surface area contributed by atoms with E-state index in [0.717, 1.165) is 17.8 Å². The summed E-state index contributed by atoms with van der Waals surface area (Å²) in [5.41, 5.74) is 1.60. The Kier molecular flexibility index (Phi) is 0.715. The highest BCUT2D eigenvalue weighted by Gasteiger charge is 2.37. The maximum atomic E-state index is 2.40. The van der Waals surface area contributed by atoms with Gasteiger partial charge in [-0.05, 0) is 23.8 Å². The quantitative estimate of drug-likeness (QED) is 0.441. The molecular formula is C10H10. The van der Waals surface area contributed by atoms with Crippen LogP contribution in [0.2, 0.25) is 0 Å². The van der Waals surface area contributed by atoms with E-state index in [1.807, 2.05) is 0 Å². The van der Waals surface area contributed by atoms with Gasteiger partial charge in [-0.3, -0.25) is 0 Å². The SMILES string of the molecule is C1=CC2C=CC3CC=C1C23. The molecule has 0 saturated carbocycles. The van der Waals surface area contributed by atoms with E-state index in [9.17, 15) is 0 Å². The van der Waals surface area contributed by atoms with E-state index in [0.29, 0.717) is 0 Å². The highest BCUT2D eigenvalue weighted by atomic mass is 14.4. The van der Waals surface area contributed by atoms with Crippen molar-refractivity contribution in [3.63, 3.8) is 0 Å². The molecule has 0 aromatic rings. The van der Waals surface area contributed by atoms with E-state index in [-0.39, 0.29) is 0 Å². The van der Waals surface area contributed by atoms with Gasteiger partial charge in [0.25, 0.3) is 0 Å². The summed E-state index contributed by atoms with van der Waals surface area (Å²) in [7, 11) is 0. The van der Waals surface area contributed by atoms with Crippen LogP contribution in [0.3, 0.4) is 0 Å². The molecule has 3 atom stereocenters. The van der Waals surface area contributed by atoms with Gasteiger partial charge in [0.2, 0.25) is 0 Å². The smallest absolute Gasteiger partial charge is 0.00243 e. The van der Waals surface area contributed by atoms with Gasteiger partial charge in [-0.2, -0.15) is 0 Å². The minimum Gasteiger partial charge on any atom is -0.0839 e. The maximum absolute atomic E-state index is 2.40. The van der Waals surface area contributed by atoms with E-state index in [1.165, 1.54) is 6.42 Å². The largest absolute Gasteiger partial charge is 0.0839 e. The first-order valence-electron chi connectivity index (χ1n) is 4.02. The minimum absolute atomic E-state index is 0.763. The lowest BCUT2D eigenvalue weighted by Crippen LogP contribution is -2.06. The fourth-order valence-corrected chi connectivity index (χ4v) is 2.48. The number of hydrogen-bond donors (Lipinski definition) is 0. The molecule has 3 unspecified atom stereocenters. The van der Waals surface area contributed by atoms with Gasteiger partial charge >= 0.3 is 0 Å². The van der Waals surface area contributed by atoms with Gasteiger partial charge in [0.05, 0.1) is 0 Å². The van der Waals surface area contributed by atoms with Crippen LogP contribution in [0.5, 0.6) is 0 Å². The molecule has 3 aliphatic rings. The minimum atomic E-state index is 0.763. The molecule has 0 N–H and O–H groups in total. The molecule has 0 spiro atoms. The number of rotatable bonds is 0. The Hall–Kier alpha value is -0.780. The maximum Gasteiger partial charge on any atom is 0.00243 e. The summed E-state index contributed by atoms with van der Waals surface area (Å²) >= 11 is 0. The molecule has 0 heteroatoms. The zero-order valence-corrected chi connectivity index (χ0v) is 5.83. The van der Waals surface area contributed by atoms with Crippen molar-refractivity contribution in [1.29, 1.82) is 0 Å². The van der Waals surface area contributed by atoms with E-state index < -0.39 is 0 Å². The summed E-state index contributed by atoms with van der Waals surface area (Å²) in [5.74, 6) is 2.48. The van der Waals surface area contributed by atoms with Gasteiger partial charge in [-0.25, -0.2) is 0 Å². The van der Waals surface area contributed by atoms with Crippen molar-refractivity contribution in [2.75, 3.05) is 0 Å². The van der Waals surface area contributed by atoms with Crippen LogP contribution in [0.4, 0.5) is 0 Å². The zero-order chi connectivity index (χ0) is 6.55. The molecule has 0 bridgehead atoms. The third kappa shape index (κ3) is 0.406. The van der Waals surface area contributed by atoms with Gasteiger partial charge in [-0.15, -0.1) is 0 Å². The monoisotopic (exact) mass is 130 g/mol. The van der Waals surface area contributed by atoms with Crippen molar-refractivity contribution in [2.24, 2.45) is 17.8 Å². The first-order valence-corrected chi connectivity index (χ1v) is 4.02. The first-order chi connectivity index (χ1) is 4.95. The molecule has 0 aromatic carbocycles. The summed E-state index contributed by atoms with van der Waals surface area (Å²) in [5, 5.41) is 0. The second-order valence-corrected chi connectivity index (χ2v) is 3.45. The highest BCUT2D eigenvalue weighted by molar-refractivity contribution is 5.41. The summed E-state index contributed by atoms with van der Waals surface area (Å²) in [4.78, 5) is 0. The summed E-state index contributed by atoms with van der Waals surface area (Å²) in [6, 6.07) is 0. The molecule has 3 aliphatic carbocycles. The topological polar surface area (TPSA) is 0 Å². The average molecular weight is 130 g/mol. The standard InChI is InChI=1S/C10H10/c1-2-8-5-6-9-4-3-7(1)10(8)9/h1-5,7,9-10H,6H2. The van der Waals surface area contributed by atoms with Gasteiger partial charge in [0.15, 0.2) is 0 Å². The van der Waals surface area contributed by atoms with Gasteiger partial charge in [0, 0.05) is 5.92 Å². The van der Waals surface area contributed by atoms with Gasteiger partial charge < -0.3 is 0 Å². The Morgan fingerprint density at radius 1 is 1.20 bits per heavy atom. The van der Waals surface area contributed by atoms with Crippen molar-refractivity contribution in [3.05, 3.63) is 36.0 Å². The third-order valence-electron chi connectivity index (χ3n) is 2.98. The molecular weight excluding hydrogens is 120 g/mol. The fraction of sp³-hybridized carbons (Fsp3) is 0.400. The van der Waals surface area contributed by atoms with E-state index in [2.05, 4.69) is 30.4 Å². The van der Waals surface area contributed by atoms with Crippen LogP contribution >= 0.6 is 0 Å². The predicted octanol–water partition coefficient (Wildman–Crippen LogP) is 2.30. The lowest BCUT2D eigenvalue weighted by Gasteiger charge is -2.11. The molecule has 0 amide bonds. The van der Waals surface area contributed by atoms with Crippen molar-refractivity contribution >= 4 is 0 Å². The Morgan fingerprint density at radius 3 is 3.20 bits per heavy atom. The second kappa shape index (κ2) is 1.45. The molecule has 0 heterocycles. The van der Waals surface area contributed by atoms with Gasteiger partial charge in [0.1, 0.15) is 0 Å². The van der Waals surface area contributed by atoms with Crippen LogP contribution in [0.25, 0.3) is 0 Å². The van der Waals surface area contributed by atoms with Crippen LogP contribution in [-0.4, -0.2) is 0 Å². The molecule has 0 nitrogen and oxygen atoms in total. The van der Waals surface area contributed by atoms with Crippen molar-refractivity contribution in [3.8, 4) is 0 Å². The van der Waals surface area contributed by atoms with Crippen LogP contribution < -0.4 is 0 Å². The number of allylic oxidation sites excluding steroid dienone is 6. The fourth-order valence-electron chi connectivity index (χ4n) is 2.48. The first kappa shape index (κ1) is 4.95. The van der Waals surface area contributed by atoms with Crippen molar-refractivity contribution in [2.45, 2.75) is 6.42 Å². The zero-order valence-electron chi connectivity index (χ0n) is 5.83. The van der Waals surface area contributed by atoms with Crippen LogP contribution in [0.1, 0.15) is 6.42 Å². The molecule has 0 aliphatic heterocycles. The molecule has 0 fully saturated rings. The van der Waals surface area contributed by atoms with Crippen LogP contribution in [0.15, 0.2) is 36.0 Å². The molecule has 3 rings (SSSR count). The van der Waals surface area contributed by atoms with E-state index in [4.69, 9.17) is 0 Å². The summed E-state index contributed by atoms with van der Waals surface area (Å²) in [6.45, 7) is 0. The summed E-state index contributed by atoms with van der Waals surface area (Å²) in [6.07, 6.45) is 13.1. The number of hydrogen-bond acceptors (Lipinski definition) is 0. The lowest BCUT2D eigenvalue weighted by molar-refractivity contribution is 0.489. The van der Waals surface area contributed by atoms with Crippen LogP contribution in [0, 0.1) is 17.8 Å². The molecule has 50 valence electrons. The third-order valence-corrected chi connectivity index (χ3v) is 2.98. The highest BCUT2D eigenvalue weighted by Crippen LogP contribution is 2.48. The predicted molar refractivity (Wildman–Crippen MR) is 41.5 cm³/mol. The van der Waals surface area contributed by atoms with E-state index in [1.54, 1.807) is 5.57 Å². The molecule has 0 saturated heterocycles. The Labute approximate surface area is 60.9 Å². The van der Waals surface area contributed by atoms with E-state index >= 15 is 0 Å². The molecule has 0 aromatic heterocycles. The summed E-state index contributed by atoms with van der Waals surface area (Å²) < 4.78 is 0. The van der Waals surface area contributed by atoms with Crippen molar-refractivity contribution in [1.82, 2.24) is 0 Å².